The second-order valence-corrected chi connectivity index (χ2v) is 3.64. The molecule has 0 N–H and O–H groups in total. The van der Waals surface area contributed by atoms with E-state index in [0.717, 1.165) is 19.8 Å². The lowest BCUT2D eigenvalue weighted by atomic mass is 10.2. The van der Waals surface area contributed by atoms with Gasteiger partial charge in [0.2, 0.25) is 0 Å². The molecular formula is C11H22O3. The molecule has 84 valence electrons. The average molecular weight is 202 g/mol. The topological polar surface area (TPSA) is 34.3 Å². The number of hydrogen-bond donors (Lipinski definition) is 0. The Balaban J connectivity index is 0.000000140. The molecule has 0 aromatic carbocycles. The minimum absolute atomic E-state index is 0.431. The van der Waals surface area contributed by atoms with Crippen LogP contribution >= 0.6 is 0 Å². The Morgan fingerprint density at radius 1 is 1.14 bits per heavy atom. The van der Waals surface area contributed by atoms with Crippen molar-refractivity contribution in [3.8, 4) is 0 Å². The highest BCUT2D eigenvalue weighted by atomic mass is 16.6. The molecule has 2 aliphatic rings. The molecule has 0 aromatic rings. The van der Waals surface area contributed by atoms with Gasteiger partial charge in [-0.2, -0.15) is 0 Å². The van der Waals surface area contributed by atoms with Crippen molar-refractivity contribution >= 4 is 0 Å². The van der Waals surface area contributed by atoms with Gasteiger partial charge >= 0.3 is 0 Å². The predicted octanol–water partition coefficient (Wildman–Crippen LogP) is 2.00. The first-order valence-electron chi connectivity index (χ1n) is 5.66. The third-order valence-corrected chi connectivity index (χ3v) is 2.40. The van der Waals surface area contributed by atoms with Crippen LogP contribution in [0.3, 0.4) is 0 Å². The molecule has 14 heavy (non-hydrogen) atoms. The van der Waals surface area contributed by atoms with E-state index in [1.165, 1.54) is 12.8 Å². The van der Waals surface area contributed by atoms with Crippen LogP contribution in [0, 0.1) is 0 Å². The van der Waals surface area contributed by atoms with E-state index in [4.69, 9.17) is 14.2 Å². The lowest BCUT2D eigenvalue weighted by Gasteiger charge is -1.91. The van der Waals surface area contributed by atoms with Crippen molar-refractivity contribution < 1.29 is 14.2 Å². The molecule has 2 saturated heterocycles. The van der Waals surface area contributed by atoms with Crippen molar-refractivity contribution in [1.82, 2.24) is 0 Å². The van der Waals surface area contributed by atoms with E-state index >= 15 is 0 Å². The largest absolute Gasteiger partial charge is 0.379 e. The Labute approximate surface area is 86.7 Å². The molecule has 0 amide bonds. The van der Waals surface area contributed by atoms with Gasteiger partial charge in [0.15, 0.2) is 0 Å². The van der Waals surface area contributed by atoms with E-state index in [-0.39, 0.29) is 0 Å². The third-order valence-electron chi connectivity index (χ3n) is 2.40. The Hall–Kier alpha value is -0.120. The van der Waals surface area contributed by atoms with Crippen LogP contribution in [0.5, 0.6) is 0 Å². The second-order valence-electron chi connectivity index (χ2n) is 3.64. The molecule has 2 fully saturated rings. The summed E-state index contributed by atoms with van der Waals surface area (Å²) in [6.07, 6.45) is 4.05. The summed E-state index contributed by atoms with van der Waals surface area (Å²) in [5, 5.41) is 0. The first kappa shape index (κ1) is 12.0. The molecule has 3 heteroatoms. The Bertz CT molecular complexity index is 137. The molecule has 3 nitrogen and oxygen atoms in total. The van der Waals surface area contributed by atoms with Crippen molar-refractivity contribution in [3.63, 3.8) is 0 Å². The molecular weight excluding hydrogens is 180 g/mol. The van der Waals surface area contributed by atoms with Crippen LogP contribution in [0.2, 0.25) is 0 Å². The van der Waals surface area contributed by atoms with Crippen LogP contribution in [0.15, 0.2) is 0 Å². The molecule has 0 aliphatic carbocycles. The maximum atomic E-state index is 5.22. The smallest absolute Gasteiger partial charge is 0.104 e. The van der Waals surface area contributed by atoms with E-state index in [0.29, 0.717) is 18.3 Å². The molecule has 2 aliphatic heterocycles. The summed E-state index contributed by atoms with van der Waals surface area (Å²) in [4.78, 5) is 0. The molecule has 0 spiro atoms. The van der Waals surface area contributed by atoms with Gasteiger partial charge in [-0.25, -0.2) is 0 Å². The van der Waals surface area contributed by atoms with Crippen LogP contribution in [0.4, 0.5) is 0 Å². The van der Waals surface area contributed by atoms with Crippen molar-refractivity contribution in [2.75, 3.05) is 19.8 Å². The van der Waals surface area contributed by atoms with Gasteiger partial charge in [0.25, 0.3) is 0 Å². The molecule has 3 atom stereocenters. The molecule has 0 aromatic heterocycles. The quantitative estimate of drug-likeness (QED) is 0.639. The van der Waals surface area contributed by atoms with E-state index in [9.17, 15) is 0 Å². The molecule has 0 radical (unpaired) electrons. The normalized spacial score (nSPS) is 33.2. The highest BCUT2D eigenvalue weighted by Gasteiger charge is 2.34. The van der Waals surface area contributed by atoms with Crippen LogP contribution in [0.1, 0.15) is 33.6 Å². The number of rotatable bonds is 5. The molecule has 0 bridgehead atoms. The van der Waals surface area contributed by atoms with E-state index in [1.54, 1.807) is 0 Å². The van der Waals surface area contributed by atoms with Gasteiger partial charge < -0.3 is 14.2 Å². The van der Waals surface area contributed by atoms with Gasteiger partial charge in [0.1, 0.15) is 6.10 Å². The highest BCUT2D eigenvalue weighted by molar-refractivity contribution is 4.81. The monoisotopic (exact) mass is 202 g/mol. The number of ether oxygens (including phenoxy) is 3. The van der Waals surface area contributed by atoms with Gasteiger partial charge in [-0.3, -0.25) is 0 Å². The minimum atomic E-state index is 0.431. The van der Waals surface area contributed by atoms with Crippen LogP contribution < -0.4 is 0 Å². The van der Waals surface area contributed by atoms with E-state index < -0.39 is 0 Å². The summed E-state index contributed by atoms with van der Waals surface area (Å²) >= 11 is 0. The Morgan fingerprint density at radius 2 is 1.71 bits per heavy atom. The zero-order chi connectivity index (χ0) is 10.4. The van der Waals surface area contributed by atoms with E-state index in [1.807, 2.05) is 6.92 Å². The SMILES string of the molecule is CCC1OC1CC.CCOCC1CO1. The van der Waals surface area contributed by atoms with Crippen molar-refractivity contribution in [3.05, 3.63) is 0 Å². The molecule has 2 rings (SSSR count). The fourth-order valence-corrected chi connectivity index (χ4v) is 1.31. The number of hydrogen-bond acceptors (Lipinski definition) is 3. The third kappa shape index (κ3) is 4.94. The predicted molar refractivity (Wildman–Crippen MR) is 55.5 cm³/mol. The fraction of sp³-hybridized carbons (Fsp3) is 1.00. The summed E-state index contributed by atoms with van der Waals surface area (Å²) in [6.45, 7) is 8.82. The van der Waals surface area contributed by atoms with E-state index in [2.05, 4.69) is 13.8 Å². The Kier molecular flexibility index (Phi) is 5.45. The zero-order valence-corrected chi connectivity index (χ0v) is 9.49. The fourth-order valence-electron chi connectivity index (χ4n) is 1.31. The zero-order valence-electron chi connectivity index (χ0n) is 9.49. The summed E-state index contributed by atoms with van der Waals surface area (Å²) < 4.78 is 15.1. The summed E-state index contributed by atoms with van der Waals surface area (Å²) in [5.41, 5.74) is 0. The maximum absolute atomic E-state index is 5.22. The van der Waals surface area contributed by atoms with Crippen LogP contribution in [-0.4, -0.2) is 38.1 Å². The summed E-state index contributed by atoms with van der Waals surface area (Å²) in [5.74, 6) is 0. The van der Waals surface area contributed by atoms with Crippen molar-refractivity contribution in [2.24, 2.45) is 0 Å². The summed E-state index contributed by atoms with van der Waals surface area (Å²) in [7, 11) is 0. The van der Waals surface area contributed by atoms with Crippen molar-refractivity contribution in [2.45, 2.75) is 51.9 Å². The lowest BCUT2D eigenvalue weighted by molar-refractivity contribution is 0.128. The van der Waals surface area contributed by atoms with Gasteiger partial charge in [0, 0.05) is 6.61 Å². The van der Waals surface area contributed by atoms with Crippen LogP contribution in [-0.2, 0) is 14.2 Å². The van der Waals surface area contributed by atoms with Gasteiger partial charge in [0.05, 0.1) is 25.4 Å². The minimum Gasteiger partial charge on any atom is -0.379 e. The second kappa shape index (κ2) is 6.38. The standard InChI is InChI=1S/C6H12O.C5H10O2/c1-3-5-6(4-2)7-5;1-2-6-3-5-4-7-5/h5-6H,3-4H2,1-2H3;5H,2-4H2,1H3. The molecule has 0 saturated carbocycles. The Morgan fingerprint density at radius 3 is 2.00 bits per heavy atom. The van der Waals surface area contributed by atoms with Crippen molar-refractivity contribution in [1.29, 1.82) is 0 Å². The molecule has 3 unspecified atom stereocenters. The maximum Gasteiger partial charge on any atom is 0.104 e. The van der Waals surface area contributed by atoms with Gasteiger partial charge in [-0.1, -0.05) is 13.8 Å². The molecule has 2 heterocycles. The number of epoxide rings is 2. The van der Waals surface area contributed by atoms with Gasteiger partial charge in [-0.15, -0.1) is 0 Å². The van der Waals surface area contributed by atoms with Gasteiger partial charge in [-0.05, 0) is 19.8 Å². The first-order chi connectivity index (χ1) is 6.81. The average Bonchev–Trinajstić information content (AvgIpc) is 3.09. The lowest BCUT2D eigenvalue weighted by Crippen LogP contribution is -1.99. The highest BCUT2D eigenvalue weighted by Crippen LogP contribution is 2.26. The summed E-state index contributed by atoms with van der Waals surface area (Å²) in [6, 6.07) is 0. The van der Waals surface area contributed by atoms with Crippen LogP contribution in [0.25, 0.3) is 0 Å². The first-order valence-corrected chi connectivity index (χ1v) is 5.66.